The minimum absolute atomic E-state index is 0.296. The first-order valence-electron chi connectivity index (χ1n) is 8.41. The molecule has 0 bridgehead atoms. The van der Waals surface area contributed by atoms with Crippen LogP contribution in [0.15, 0.2) is 48.5 Å². The van der Waals surface area contributed by atoms with Gasteiger partial charge in [0.05, 0.1) is 7.11 Å². The molecule has 25 heavy (non-hydrogen) atoms. The van der Waals surface area contributed by atoms with E-state index >= 15 is 0 Å². The second-order valence-corrected chi connectivity index (χ2v) is 6.26. The Morgan fingerprint density at radius 2 is 1.84 bits per heavy atom. The molecule has 2 aromatic rings. The highest BCUT2D eigenvalue weighted by atomic mass is 17.1. The summed E-state index contributed by atoms with van der Waals surface area (Å²) in [5.74, 6) is 1.69. The summed E-state index contributed by atoms with van der Waals surface area (Å²) in [6, 6.07) is 16.1. The van der Waals surface area contributed by atoms with Crippen LogP contribution in [0.1, 0.15) is 11.1 Å². The summed E-state index contributed by atoms with van der Waals surface area (Å²) in [6.45, 7) is 0.882. The average molecular weight is 345 g/mol. The number of likely N-dealkylation sites (N-methyl/N-ethyl adjacent to an activating group) is 1. The molecule has 1 atom stereocenters. The van der Waals surface area contributed by atoms with E-state index in [1.54, 1.807) is 7.11 Å². The van der Waals surface area contributed by atoms with Gasteiger partial charge in [-0.1, -0.05) is 30.3 Å². The van der Waals surface area contributed by atoms with Crippen molar-refractivity contribution in [2.24, 2.45) is 0 Å². The molecule has 1 N–H and O–H groups in total. The minimum atomic E-state index is -0.388. The number of nitrogens with zero attached hydrogens (tertiary/aromatic N) is 1. The molecule has 0 spiro atoms. The van der Waals surface area contributed by atoms with Gasteiger partial charge in [-0.25, -0.2) is 4.89 Å². The van der Waals surface area contributed by atoms with Crippen LogP contribution in [-0.2, 0) is 17.7 Å². The summed E-state index contributed by atoms with van der Waals surface area (Å²) in [6.07, 6.45) is 1.37. The molecule has 0 amide bonds. The molecule has 136 valence electrons. The van der Waals surface area contributed by atoms with E-state index in [0.717, 1.165) is 29.9 Å². The molecule has 0 aromatic heterocycles. The monoisotopic (exact) mass is 345 g/mol. The van der Waals surface area contributed by atoms with E-state index in [2.05, 4.69) is 23.1 Å². The summed E-state index contributed by atoms with van der Waals surface area (Å²) in [7, 11) is 5.53. The van der Waals surface area contributed by atoms with E-state index in [4.69, 9.17) is 14.7 Å². The molecular weight excluding hydrogens is 318 g/mol. The van der Waals surface area contributed by atoms with Crippen molar-refractivity contribution in [2.75, 3.05) is 34.4 Å². The summed E-state index contributed by atoms with van der Waals surface area (Å²) in [5.41, 5.74) is 2.35. The first-order chi connectivity index (χ1) is 12.1. The fourth-order valence-electron chi connectivity index (χ4n) is 2.66. The predicted molar refractivity (Wildman–Crippen MR) is 98.4 cm³/mol. The highest BCUT2D eigenvalue weighted by molar-refractivity contribution is 5.35. The Balaban J connectivity index is 1.97. The van der Waals surface area contributed by atoms with Crippen molar-refractivity contribution < 1.29 is 19.6 Å². The van der Waals surface area contributed by atoms with E-state index in [1.807, 2.05) is 49.3 Å². The maximum atomic E-state index is 9.01. The van der Waals surface area contributed by atoms with E-state index in [1.165, 1.54) is 5.56 Å². The SMILES string of the molecule is COc1cccc(CCc2ccccc2OC[C@@H](CN(C)C)OO)c1. The lowest BCUT2D eigenvalue weighted by Gasteiger charge is -2.19. The molecule has 2 aromatic carbocycles. The van der Waals surface area contributed by atoms with Gasteiger partial charge in [0.15, 0.2) is 0 Å². The molecular formula is C20H27NO4. The highest BCUT2D eigenvalue weighted by Gasteiger charge is 2.13. The molecule has 0 unspecified atom stereocenters. The number of hydrogen-bond acceptors (Lipinski definition) is 5. The molecule has 0 saturated carbocycles. The topological polar surface area (TPSA) is 51.2 Å². The van der Waals surface area contributed by atoms with E-state index < -0.39 is 0 Å². The number of hydrogen-bond donors (Lipinski definition) is 1. The van der Waals surface area contributed by atoms with Crippen molar-refractivity contribution in [3.05, 3.63) is 59.7 Å². The second-order valence-electron chi connectivity index (χ2n) is 6.26. The van der Waals surface area contributed by atoms with Crippen LogP contribution in [0, 0.1) is 0 Å². The maximum Gasteiger partial charge on any atom is 0.139 e. The Morgan fingerprint density at radius 1 is 1.04 bits per heavy atom. The van der Waals surface area contributed by atoms with E-state index in [-0.39, 0.29) is 6.10 Å². The van der Waals surface area contributed by atoms with E-state index in [9.17, 15) is 0 Å². The van der Waals surface area contributed by atoms with Crippen LogP contribution in [0.5, 0.6) is 11.5 Å². The van der Waals surface area contributed by atoms with Gasteiger partial charge in [-0.05, 0) is 56.3 Å². The van der Waals surface area contributed by atoms with Crippen LogP contribution >= 0.6 is 0 Å². The molecule has 0 aliphatic heterocycles. The quantitative estimate of drug-likeness (QED) is 0.529. The molecule has 2 rings (SSSR count). The molecule has 0 aliphatic carbocycles. The van der Waals surface area contributed by atoms with Crippen LogP contribution in [-0.4, -0.2) is 50.6 Å². The van der Waals surface area contributed by atoms with Gasteiger partial charge in [-0.2, -0.15) is 0 Å². The summed E-state index contributed by atoms with van der Waals surface area (Å²) in [4.78, 5) is 6.44. The number of benzene rings is 2. The summed E-state index contributed by atoms with van der Waals surface area (Å²) < 4.78 is 11.2. The van der Waals surface area contributed by atoms with Crippen molar-refractivity contribution in [3.8, 4) is 11.5 Å². The minimum Gasteiger partial charge on any atom is -0.497 e. The summed E-state index contributed by atoms with van der Waals surface area (Å²) >= 11 is 0. The van der Waals surface area contributed by atoms with Gasteiger partial charge in [0.25, 0.3) is 0 Å². The van der Waals surface area contributed by atoms with Crippen LogP contribution in [0.25, 0.3) is 0 Å². The predicted octanol–water partition coefficient (Wildman–Crippen LogP) is 3.28. The van der Waals surface area contributed by atoms with Gasteiger partial charge in [0, 0.05) is 6.54 Å². The largest absolute Gasteiger partial charge is 0.497 e. The van der Waals surface area contributed by atoms with Crippen molar-refractivity contribution >= 4 is 0 Å². The van der Waals surface area contributed by atoms with Crippen molar-refractivity contribution in [2.45, 2.75) is 18.9 Å². The average Bonchev–Trinajstić information content (AvgIpc) is 2.64. The second kappa shape index (κ2) is 10.0. The van der Waals surface area contributed by atoms with Crippen LogP contribution in [0.4, 0.5) is 0 Å². The molecule has 0 radical (unpaired) electrons. The first-order valence-corrected chi connectivity index (χ1v) is 8.41. The third kappa shape index (κ3) is 6.38. The number of ether oxygens (including phenoxy) is 2. The molecule has 5 heteroatoms. The summed E-state index contributed by atoms with van der Waals surface area (Å²) in [5, 5.41) is 9.01. The Hall–Kier alpha value is -2.08. The Kier molecular flexibility index (Phi) is 7.73. The van der Waals surface area contributed by atoms with Crippen LogP contribution < -0.4 is 9.47 Å². The van der Waals surface area contributed by atoms with Crippen LogP contribution in [0.2, 0.25) is 0 Å². The first kappa shape index (κ1) is 19.2. The van der Waals surface area contributed by atoms with Crippen molar-refractivity contribution in [1.29, 1.82) is 0 Å². The van der Waals surface area contributed by atoms with Crippen molar-refractivity contribution in [3.63, 3.8) is 0 Å². The maximum absolute atomic E-state index is 9.01. The van der Waals surface area contributed by atoms with Gasteiger partial charge in [0.1, 0.15) is 24.2 Å². The third-order valence-electron chi connectivity index (χ3n) is 3.93. The third-order valence-corrected chi connectivity index (χ3v) is 3.93. The number of methoxy groups -OCH3 is 1. The fraction of sp³-hybridized carbons (Fsp3) is 0.400. The van der Waals surface area contributed by atoms with Crippen LogP contribution in [0.3, 0.4) is 0 Å². The zero-order valence-corrected chi connectivity index (χ0v) is 15.1. The van der Waals surface area contributed by atoms with Gasteiger partial charge in [-0.3, -0.25) is 5.26 Å². The Morgan fingerprint density at radius 3 is 2.56 bits per heavy atom. The van der Waals surface area contributed by atoms with Crippen molar-refractivity contribution in [1.82, 2.24) is 4.90 Å². The van der Waals surface area contributed by atoms with Gasteiger partial charge in [-0.15, -0.1) is 0 Å². The number of para-hydroxylation sites is 1. The lowest BCUT2D eigenvalue weighted by molar-refractivity contribution is -0.284. The Bertz CT molecular complexity index is 645. The fourth-order valence-corrected chi connectivity index (χ4v) is 2.66. The number of aryl methyl sites for hydroxylation is 2. The van der Waals surface area contributed by atoms with E-state index in [0.29, 0.717) is 13.2 Å². The zero-order valence-electron chi connectivity index (χ0n) is 15.1. The molecule has 0 fully saturated rings. The van der Waals surface area contributed by atoms with Gasteiger partial charge < -0.3 is 14.4 Å². The molecule has 0 aliphatic rings. The van der Waals surface area contributed by atoms with Gasteiger partial charge >= 0.3 is 0 Å². The molecule has 5 nitrogen and oxygen atoms in total. The lowest BCUT2D eigenvalue weighted by Crippen LogP contribution is -2.32. The Labute approximate surface area is 149 Å². The zero-order chi connectivity index (χ0) is 18.1. The molecule has 0 saturated heterocycles. The smallest absolute Gasteiger partial charge is 0.139 e. The van der Waals surface area contributed by atoms with Gasteiger partial charge in [0.2, 0.25) is 0 Å². The lowest BCUT2D eigenvalue weighted by atomic mass is 10.0. The normalized spacial score (nSPS) is 12.2. The molecule has 0 heterocycles. The highest BCUT2D eigenvalue weighted by Crippen LogP contribution is 2.21. The standard InChI is InChI=1S/C20H27NO4/c1-21(2)14-19(25-22)15-24-20-10-5-4-8-17(20)12-11-16-7-6-9-18(13-16)23-3/h4-10,13,19,22H,11-12,14-15H2,1-3H3/t19-/m1/s1. The number of rotatable bonds is 10.